The molecule has 0 aromatic heterocycles. The highest BCUT2D eigenvalue weighted by Crippen LogP contribution is 2.66. The van der Waals surface area contributed by atoms with Crippen LogP contribution >= 0.6 is 0 Å². The van der Waals surface area contributed by atoms with Crippen molar-refractivity contribution in [2.75, 3.05) is 0 Å². The van der Waals surface area contributed by atoms with Crippen molar-refractivity contribution in [2.45, 2.75) is 76.8 Å². The predicted molar refractivity (Wildman–Crippen MR) is 141 cm³/mol. The van der Waals surface area contributed by atoms with Gasteiger partial charge in [0.05, 0.1) is 19.8 Å². The Labute approximate surface area is 201 Å². The standard InChI is InChI=1S/C29H39BO2Si/c1-21(30-31-27-20-23-19-26(28(23,2)3)29(27,4)32-30)25(18-17-22-13-9-7-10-14-22)33(5,6)24-15-11-8-12-16-24/h7-16,23,25-27H,1,17-20H2,2-6H3/t23-,25?,26-,27+,29-/m0/s1. The number of allylic oxidation sites excluding steroid dienone is 1. The molecule has 0 spiro atoms. The monoisotopic (exact) mass is 458 g/mol. The number of rotatable bonds is 7. The maximum absolute atomic E-state index is 6.86. The van der Waals surface area contributed by atoms with Crippen molar-refractivity contribution < 1.29 is 9.31 Å². The smallest absolute Gasteiger partial charge is 0.402 e. The van der Waals surface area contributed by atoms with Gasteiger partial charge < -0.3 is 9.31 Å². The summed E-state index contributed by atoms with van der Waals surface area (Å²) in [5, 5.41) is 1.48. The van der Waals surface area contributed by atoms with Crippen LogP contribution in [0.15, 0.2) is 72.7 Å². The van der Waals surface area contributed by atoms with Crippen LogP contribution in [-0.4, -0.2) is 26.9 Å². The molecule has 1 unspecified atom stereocenters. The minimum Gasteiger partial charge on any atom is -0.402 e. The molecular formula is C29H39BO2Si. The Bertz CT molecular complexity index is 1000. The topological polar surface area (TPSA) is 18.5 Å². The molecule has 1 heterocycles. The zero-order valence-electron chi connectivity index (χ0n) is 21.0. The van der Waals surface area contributed by atoms with Crippen LogP contribution in [0.3, 0.4) is 0 Å². The minimum atomic E-state index is -1.86. The first-order valence-electron chi connectivity index (χ1n) is 12.8. The summed E-state index contributed by atoms with van der Waals surface area (Å²) in [6.07, 6.45) is 4.74. The first-order valence-corrected chi connectivity index (χ1v) is 15.8. The van der Waals surface area contributed by atoms with Gasteiger partial charge in [0.25, 0.3) is 0 Å². The van der Waals surface area contributed by atoms with E-state index in [9.17, 15) is 0 Å². The molecule has 174 valence electrons. The third kappa shape index (κ3) is 3.79. The van der Waals surface area contributed by atoms with Gasteiger partial charge in [-0.2, -0.15) is 0 Å². The summed E-state index contributed by atoms with van der Waals surface area (Å²) in [7, 11) is -2.15. The summed E-state index contributed by atoms with van der Waals surface area (Å²) < 4.78 is 13.6. The number of hydrogen-bond donors (Lipinski definition) is 0. The van der Waals surface area contributed by atoms with E-state index in [1.807, 2.05) is 0 Å². The number of benzene rings is 2. The molecule has 5 atom stereocenters. The van der Waals surface area contributed by atoms with E-state index in [-0.39, 0.29) is 18.8 Å². The third-order valence-electron chi connectivity index (χ3n) is 9.65. The van der Waals surface area contributed by atoms with Gasteiger partial charge in [0, 0.05) is 0 Å². The third-order valence-corrected chi connectivity index (χ3v) is 13.9. The molecule has 4 heteroatoms. The number of hydrogen-bond acceptors (Lipinski definition) is 2. The van der Waals surface area contributed by atoms with Gasteiger partial charge in [-0.1, -0.05) is 92.8 Å². The molecule has 4 fully saturated rings. The van der Waals surface area contributed by atoms with Gasteiger partial charge in [-0.15, -0.1) is 6.58 Å². The Hall–Kier alpha value is -1.62. The van der Waals surface area contributed by atoms with Gasteiger partial charge in [0.15, 0.2) is 0 Å². The molecule has 3 saturated carbocycles. The minimum absolute atomic E-state index is 0.186. The van der Waals surface area contributed by atoms with E-state index < -0.39 is 8.07 Å². The van der Waals surface area contributed by atoms with Crippen molar-refractivity contribution in [3.05, 3.63) is 78.3 Å². The Morgan fingerprint density at radius 2 is 1.67 bits per heavy atom. The van der Waals surface area contributed by atoms with Crippen LogP contribution in [0.5, 0.6) is 0 Å². The molecule has 0 N–H and O–H groups in total. The van der Waals surface area contributed by atoms with Crippen molar-refractivity contribution >= 4 is 20.4 Å². The maximum atomic E-state index is 6.86. The Kier molecular flexibility index (Phi) is 5.79. The Morgan fingerprint density at radius 1 is 1.03 bits per heavy atom. The van der Waals surface area contributed by atoms with Crippen LogP contribution < -0.4 is 5.19 Å². The van der Waals surface area contributed by atoms with Crippen molar-refractivity contribution in [2.24, 2.45) is 17.3 Å². The average molecular weight is 459 g/mol. The lowest BCUT2D eigenvalue weighted by Crippen LogP contribution is -2.65. The van der Waals surface area contributed by atoms with Crippen molar-refractivity contribution in [3.63, 3.8) is 0 Å². The SMILES string of the molecule is C=C(B1O[C@@H]2C[C@@H]3C[C@@H](C3(C)C)[C@]2(C)O1)C(CCc1ccccc1)[Si](C)(C)c1ccccc1. The van der Waals surface area contributed by atoms with Gasteiger partial charge in [-0.25, -0.2) is 0 Å². The molecule has 2 aromatic rings. The predicted octanol–water partition coefficient (Wildman–Crippen LogP) is 6.43. The zero-order chi connectivity index (χ0) is 23.4. The summed E-state index contributed by atoms with van der Waals surface area (Å²) in [5.74, 6) is 1.34. The molecule has 0 radical (unpaired) electrons. The normalized spacial score (nSPS) is 30.9. The molecule has 2 aromatic carbocycles. The largest absolute Gasteiger partial charge is 0.489 e. The maximum Gasteiger partial charge on any atom is 0.489 e. The molecule has 3 aliphatic carbocycles. The molecule has 1 saturated heterocycles. The van der Waals surface area contributed by atoms with E-state index in [1.54, 1.807) is 0 Å². The van der Waals surface area contributed by atoms with Crippen LogP contribution in [0.1, 0.15) is 45.6 Å². The van der Waals surface area contributed by atoms with Gasteiger partial charge in [0.1, 0.15) is 0 Å². The fraction of sp³-hybridized carbons (Fsp3) is 0.517. The van der Waals surface area contributed by atoms with Crippen LogP contribution in [0, 0.1) is 17.3 Å². The average Bonchev–Trinajstić information content (AvgIpc) is 3.17. The van der Waals surface area contributed by atoms with Crippen molar-refractivity contribution in [1.29, 1.82) is 0 Å². The van der Waals surface area contributed by atoms with Crippen LogP contribution in [-0.2, 0) is 15.7 Å². The second kappa shape index (κ2) is 8.25. The van der Waals surface area contributed by atoms with Gasteiger partial charge >= 0.3 is 7.12 Å². The quantitative estimate of drug-likeness (QED) is 0.445. The van der Waals surface area contributed by atoms with Crippen LogP contribution in [0.2, 0.25) is 18.6 Å². The van der Waals surface area contributed by atoms with Gasteiger partial charge in [-0.05, 0) is 66.4 Å². The molecule has 1 aliphatic heterocycles. The summed E-state index contributed by atoms with van der Waals surface area (Å²) in [4.78, 5) is 0. The van der Waals surface area contributed by atoms with Crippen LogP contribution in [0.4, 0.5) is 0 Å². The zero-order valence-corrected chi connectivity index (χ0v) is 22.0. The van der Waals surface area contributed by atoms with Gasteiger partial charge in [-0.3, -0.25) is 0 Å². The summed E-state index contributed by atoms with van der Waals surface area (Å²) in [6.45, 7) is 16.8. The number of aryl methyl sites for hydroxylation is 1. The summed E-state index contributed by atoms with van der Waals surface area (Å²) >= 11 is 0. The highest BCUT2D eigenvalue weighted by atomic mass is 28.3. The molecule has 2 bridgehead atoms. The van der Waals surface area contributed by atoms with E-state index in [2.05, 4.69) is 101 Å². The fourth-order valence-corrected chi connectivity index (χ4v) is 10.6. The molecule has 33 heavy (non-hydrogen) atoms. The Balaban J connectivity index is 1.41. The van der Waals surface area contributed by atoms with E-state index in [4.69, 9.17) is 9.31 Å². The second-order valence-corrected chi connectivity index (χ2v) is 16.8. The fourth-order valence-electron chi connectivity index (χ4n) is 7.22. The van der Waals surface area contributed by atoms with Gasteiger partial charge in [0.2, 0.25) is 0 Å². The molecular weight excluding hydrogens is 419 g/mol. The van der Waals surface area contributed by atoms with E-state index in [1.165, 1.54) is 17.2 Å². The molecule has 2 nitrogen and oxygen atoms in total. The van der Waals surface area contributed by atoms with E-state index in [0.29, 0.717) is 16.9 Å². The second-order valence-electron chi connectivity index (χ2n) is 12.0. The highest BCUT2D eigenvalue weighted by Gasteiger charge is 2.68. The lowest BCUT2D eigenvalue weighted by molar-refractivity contribution is -0.199. The lowest BCUT2D eigenvalue weighted by atomic mass is 9.43. The first-order chi connectivity index (χ1) is 15.6. The highest BCUT2D eigenvalue weighted by molar-refractivity contribution is 6.92. The summed E-state index contributed by atoms with van der Waals surface area (Å²) in [5.41, 5.74) is 3.11. The Morgan fingerprint density at radius 3 is 2.30 bits per heavy atom. The lowest BCUT2D eigenvalue weighted by Gasteiger charge is -2.64. The summed E-state index contributed by atoms with van der Waals surface area (Å²) in [6, 6.07) is 21.9. The van der Waals surface area contributed by atoms with E-state index in [0.717, 1.165) is 30.7 Å². The van der Waals surface area contributed by atoms with Crippen LogP contribution in [0.25, 0.3) is 0 Å². The van der Waals surface area contributed by atoms with Crippen molar-refractivity contribution in [3.8, 4) is 0 Å². The van der Waals surface area contributed by atoms with Crippen molar-refractivity contribution in [1.82, 2.24) is 0 Å². The first kappa shape index (κ1) is 23.1. The molecule has 4 aliphatic rings. The molecule has 6 rings (SSSR count). The molecule has 0 amide bonds. The van der Waals surface area contributed by atoms with E-state index >= 15 is 0 Å².